The lowest BCUT2D eigenvalue weighted by Crippen LogP contribution is -2.56. The van der Waals surface area contributed by atoms with Crippen molar-refractivity contribution in [3.05, 3.63) is 11.6 Å². The van der Waals surface area contributed by atoms with Gasteiger partial charge in [-0.1, -0.05) is 39.3 Å². The molecule has 3 unspecified atom stereocenters. The molecule has 9 atom stereocenters. The molecule has 33 heavy (non-hydrogen) atoms. The fourth-order valence-electron chi connectivity index (χ4n) is 8.78. The maximum atomic E-state index is 11.7. The number of carbonyl (C=O) groups is 2. The van der Waals surface area contributed by atoms with Gasteiger partial charge in [-0.3, -0.25) is 9.59 Å². The Morgan fingerprint density at radius 1 is 1.15 bits per heavy atom. The summed E-state index contributed by atoms with van der Waals surface area (Å²) < 4.78 is 10.5. The van der Waals surface area contributed by atoms with Gasteiger partial charge in [0.2, 0.25) is 0 Å². The minimum absolute atomic E-state index is 0.0167. The molecule has 0 amide bonds. The largest absolute Gasteiger partial charge is 0.469 e. The molecular weight excluding hydrogens is 416 g/mol. The van der Waals surface area contributed by atoms with Crippen LogP contribution in [0, 0.1) is 39.9 Å². The number of fused-ring (bicyclic) bond motifs is 5. The summed E-state index contributed by atoms with van der Waals surface area (Å²) in [7, 11) is 1.45. The second-order valence-corrected chi connectivity index (χ2v) is 12.3. The molecule has 0 aliphatic heterocycles. The van der Waals surface area contributed by atoms with Crippen LogP contribution in [0.25, 0.3) is 0 Å². The van der Waals surface area contributed by atoms with Gasteiger partial charge in [-0.05, 0) is 85.9 Å². The molecule has 0 aromatic rings. The third-order valence-electron chi connectivity index (χ3n) is 10.9. The average Bonchev–Trinajstić information content (AvgIpc) is 3.12. The molecular formula is C28H44O5. The Balaban J connectivity index is 1.59. The molecule has 0 heterocycles. The van der Waals surface area contributed by atoms with Gasteiger partial charge < -0.3 is 14.6 Å². The van der Waals surface area contributed by atoms with E-state index in [1.54, 1.807) is 0 Å². The molecule has 4 rings (SSSR count). The van der Waals surface area contributed by atoms with E-state index < -0.39 is 6.10 Å². The van der Waals surface area contributed by atoms with Crippen molar-refractivity contribution >= 4 is 11.9 Å². The Morgan fingerprint density at radius 3 is 2.55 bits per heavy atom. The molecule has 4 aliphatic carbocycles. The number of hydrogen-bond acceptors (Lipinski definition) is 5. The van der Waals surface area contributed by atoms with Crippen LogP contribution in [0.15, 0.2) is 11.6 Å². The maximum absolute atomic E-state index is 11.7. The lowest BCUT2D eigenvalue weighted by Gasteiger charge is -2.62. The van der Waals surface area contributed by atoms with Crippen LogP contribution in [0.4, 0.5) is 0 Å². The van der Waals surface area contributed by atoms with Crippen LogP contribution in [-0.2, 0) is 19.1 Å². The van der Waals surface area contributed by atoms with E-state index in [-0.39, 0.29) is 34.3 Å². The summed E-state index contributed by atoms with van der Waals surface area (Å²) >= 11 is 0. The zero-order valence-corrected chi connectivity index (χ0v) is 21.5. The number of esters is 2. The van der Waals surface area contributed by atoms with Crippen molar-refractivity contribution in [3.63, 3.8) is 0 Å². The number of allylic oxidation sites excluding steroid dienone is 1. The number of rotatable bonds is 5. The van der Waals surface area contributed by atoms with Crippen molar-refractivity contribution in [1.82, 2.24) is 0 Å². The second kappa shape index (κ2) is 8.70. The van der Waals surface area contributed by atoms with Crippen molar-refractivity contribution in [3.8, 4) is 0 Å². The lowest BCUT2D eigenvalue weighted by atomic mass is 9.43. The fraction of sp³-hybridized carbons (Fsp3) is 0.857. The molecule has 0 radical (unpaired) electrons. The highest BCUT2D eigenvalue weighted by molar-refractivity contribution is 5.69. The van der Waals surface area contributed by atoms with Crippen LogP contribution in [-0.4, -0.2) is 36.4 Å². The Labute approximate surface area is 199 Å². The van der Waals surface area contributed by atoms with Crippen LogP contribution >= 0.6 is 0 Å². The highest BCUT2D eigenvalue weighted by atomic mass is 16.5. The Hall–Kier alpha value is -1.36. The SMILES string of the molecule is COC(=O)CC[C@@H](C)C1CCC2C3CC[C@]4(C)C[C@H](OC(C)=O)CC[C@]4(C)C3=C[C@H](O)[C@@]21C. The molecule has 186 valence electrons. The predicted octanol–water partition coefficient (Wildman–Crippen LogP) is 5.45. The van der Waals surface area contributed by atoms with Gasteiger partial charge in [0.05, 0.1) is 13.2 Å². The number of methoxy groups -OCH3 is 1. The van der Waals surface area contributed by atoms with E-state index in [1.165, 1.54) is 19.6 Å². The molecule has 0 spiro atoms. The first-order valence-corrected chi connectivity index (χ1v) is 13.1. The zero-order chi connectivity index (χ0) is 24.2. The first kappa shape index (κ1) is 24.8. The van der Waals surface area contributed by atoms with Gasteiger partial charge >= 0.3 is 11.9 Å². The molecule has 5 heteroatoms. The van der Waals surface area contributed by atoms with Crippen LogP contribution in [0.1, 0.15) is 92.4 Å². The third-order valence-corrected chi connectivity index (χ3v) is 10.9. The monoisotopic (exact) mass is 460 g/mol. The number of carbonyl (C=O) groups excluding carboxylic acids is 2. The van der Waals surface area contributed by atoms with Gasteiger partial charge in [0.1, 0.15) is 6.10 Å². The zero-order valence-electron chi connectivity index (χ0n) is 21.5. The van der Waals surface area contributed by atoms with Crippen LogP contribution < -0.4 is 0 Å². The lowest BCUT2D eigenvalue weighted by molar-refractivity contribution is -0.156. The Kier molecular flexibility index (Phi) is 6.52. The standard InChI is InChI=1S/C28H44O5/c1-17(7-10-25(31)32-6)21-8-9-22-20-12-13-26(3)16-19(33-18(2)29)11-14-27(26,4)23(20)15-24(30)28(21,22)5/h15,17,19-22,24,30H,7-14,16H2,1-6H3/t17-,19-,20?,21?,22?,24+,26-,27-,28-/m1/s1. The summed E-state index contributed by atoms with van der Waals surface area (Å²) in [4.78, 5) is 23.3. The predicted molar refractivity (Wildman–Crippen MR) is 127 cm³/mol. The van der Waals surface area contributed by atoms with Gasteiger partial charge in [-0.25, -0.2) is 0 Å². The molecule has 5 nitrogen and oxygen atoms in total. The molecule has 0 saturated heterocycles. The maximum Gasteiger partial charge on any atom is 0.305 e. The topological polar surface area (TPSA) is 72.8 Å². The first-order valence-electron chi connectivity index (χ1n) is 13.1. The highest BCUT2D eigenvalue weighted by Gasteiger charge is 2.63. The first-order chi connectivity index (χ1) is 15.5. The summed E-state index contributed by atoms with van der Waals surface area (Å²) in [5, 5.41) is 11.6. The van der Waals surface area contributed by atoms with E-state index in [0.29, 0.717) is 30.1 Å². The van der Waals surface area contributed by atoms with E-state index >= 15 is 0 Å². The van der Waals surface area contributed by atoms with E-state index in [0.717, 1.165) is 51.4 Å². The van der Waals surface area contributed by atoms with Crippen LogP contribution in [0.5, 0.6) is 0 Å². The second-order valence-electron chi connectivity index (χ2n) is 12.3. The fourth-order valence-corrected chi connectivity index (χ4v) is 8.78. The van der Waals surface area contributed by atoms with Crippen molar-refractivity contribution in [2.45, 2.75) is 105 Å². The molecule has 0 aromatic heterocycles. The summed E-state index contributed by atoms with van der Waals surface area (Å²) in [6.07, 6.45) is 10.5. The van der Waals surface area contributed by atoms with E-state index in [1.807, 2.05) is 0 Å². The van der Waals surface area contributed by atoms with Gasteiger partial charge in [0.25, 0.3) is 0 Å². The number of aliphatic hydroxyl groups is 1. The minimum atomic E-state index is -0.452. The Bertz CT molecular complexity index is 819. The van der Waals surface area contributed by atoms with Crippen LogP contribution in [0.2, 0.25) is 0 Å². The Morgan fingerprint density at radius 2 is 1.88 bits per heavy atom. The molecule has 0 aromatic carbocycles. The van der Waals surface area contributed by atoms with Gasteiger partial charge in [-0.2, -0.15) is 0 Å². The van der Waals surface area contributed by atoms with E-state index in [2.05, 4.69) is 33.8 Å². The molecule has 3 saturated carbocycles. The molecule has 1 N–H and O–H groups in total. The minimum Gasteiger partial charge on any atom is -0.469 e. The average molecular weight is 461 g/mol. The van der Waals surface area contributed by atoms with Crippen molar-refractivity contribution in [1.29, 1.82) is 0 Å². The van der Waals surface area contributed by atoms with Crippen molar-refractivity contribution in [2.75, 3.05) is 7.11 Å². The summed E-state index contributed by atoms with van der Waals surface area (Å²) in [6, 6.07) is 0. The molecule has 0 bridgehead atoms. The smallest absolute Gasteiger partial charge is 0.305 e. The highest BCUT2D eigenvalue weighted by Crippen LogP contribution is 2.69. The third kappa shape index (κ3) is 3.86. The van der Waals surface area contributed by atoms with Crippen molar-refractivity contribution in [2.24, 2.45) is 39.9 Å². The summed E-state index contributed by atoms with van der Waals surface area (Å²) in [5.41, 5.74) is 1.48. The number of hydrogen-bond donors (Lipinski definition) is 1. The van der Waals surface area contributed by atoms with E-state index in [9.17, 15) is 14.7 Å². The van der Waals surface area contributed by atoms with Crippen molar-refractivity contribution < 1.29 is 24.2 Å². The summed E-state index contributed by atoms with van der Waals surface area (Å²) in [6.45, 7) is 10.9. The van der Waals surface area contributed by atoms with Crippen LogP contribution in [0.3, 0.4) is 0 Å². The normalized spacial score (nSPS) is 45.2. The quantitative estimate of drug-likeness (QED) is 0.436. The number of ether oxygens (including phenoxy) is 2. The van der Waals surface area contributed by atoms with Gasteiger partial charge in [0, 0.05) is 18.8 Å². The summed E-state index contributed by atoms with van der Waals surface area (Å²) in [5.74, 6) is 1.50. The van der Waals surface area contributed by atoms with Gasteiger partial charge in [-0.15, -0.1) is 0 Å². The van der Waals surface area contributed by atoms with Gasteiger partial charge in [0.15, 0.2) is 0 Å². The molecule has 4 aliphatic rings. The molecule has 3 fully saturated rings. The van der Waals surface area contributed by atoms with E-state index in [4.69, 9.17) is 9.47 Å². The number of aliphatic hydroxyl groups excluding tert-OH is 1.